The molecule has 0 aromatic heterocycles. The number of carbonyl (C=O) groups excluding carboxylic acids is 2. The molecular formula is C63H124NO8P. The molecule has 0 fully saturated rings. The fourth-order valence-electron chi connectivity index (χ4n) is 9.87. The molecule has 10 heteroatoms. The maximum absolute atomic E-state index is 12.7. The number of phosphoric ester groups is 1. The molecule has 0 bridgehead atoms. The summed E-state index contributed by atoms with van der Waals surface area (Å²) in [6.07, 6.45) is 70.2. The van der Waals surface area contributed by atoms with Crippen LogP contribution in [-0.2, 0) is 32.7 Å². The highest BCUT2D eigenvalue weighted by Crippen LogP contribution is 2.43. The standard InChI is InChI=1S/C63H124NO8P/c1-3-5-7-9-11-13-15-17-19-21-23-24-25-26-27-28-29-30-31-32-33-34-35-36-37-38-40-41-43-45-47-49-51-53-55-62(65)69-59-61(60-71-73(67,68)70-58-57-64)72-63(66)56-54-52-50-48-46-44-42-39-22-20-18-16-14-12-10-8-6-4-2/h20,22,61H,3-19,21,23-60,64H2,1-2H3,(H,67,68)/b22-20-. The van der Waals surface area contributed by atoms with Crippen LogP contribution in [0.5, 0.6) is 0 Å². The van der Waals surface area contributed by atoms with Crippen LogP contribution in [0.15, 0.2) is 12.2 Å². The van der Waals surface area contributed by atoms with Gasteiger partial charge in [-0.25, -0.2) is 4.57 Å². The van der Waals surface area contributed by atoms with Crippen LogP contribution >= 0.6 is 7.82 Å². The molecule has 0 spiro atoms. The van der Waals surface area contributed by atoms with E-state index < -0.39 is 26.5 Å². The van der Waals surface area contributed by atoms with Crippen molar-refractivity contribution >= 4 is 19.8 Å². The number of carbonyl (C=O) groups is 2. The third kappa shape index (κ3) is 59.8. The average molecular weight is 1050 g/mol. The third-order valence-corrected chi connectivity index (χ3v) is 15.6. The van der Waals surface area contributed by atoms with Gasteiger partial charge in [0.15, 0.2) is 6.10 Å². The minimum Gasteiger partial charge on any atom is -0.462 e. The number of rotatable bonds is 62. The van der Waals surface area contributed by atoms with Crippen LogP contribution in [-0.4, -0.2) is 49.3 Å². The van der Waals surface area contributed by atoms with Gasteiger partial charge in [0.25, 0.3) is 0 Å². The SMILES string of the molecule is CCCCCCCCC/C=C\CCCCCCCCCC(=O)OC(COC(=O)CCCCCCCCCCCCCCCCCCCCCCCCCCCCCCCCCCCC)COP(=O)(O)OCCN. The lowest BCUT2D eigenvalue weighted by atomic mass is 10.0. The molecule has 0 aliphatic heterocycles. The molecular weight excluding hydrogens is 930 g/mol. The maximum Gasteiger partial charge on any atom is 0.472 e. The van der Waals surface area contributed by atoms with E-state index in [0.717, 1.165) is 44.9 Å². The van der Waals surface area contributed by atoms with Crippen molar-refractivity contribution in [3.63, 3.8) is 0 Å². The molecule has 0 aliphatic rings. The molecule has 0 heterocycles. The zero-order valence-electron chi connectivity index (χ0n) is 48.7. The Morgan fingerprint density at radius 2 is 0.671 bits per heavy atom. The van der Waals surface area contributed by atoms with Gasteiger partial charge in [0.1, 0.15) is 6.61 Å². The number of phosphoric acid groups is 1. The highest BCUT2D eigenvalue weighted by Gasteiger charge is 2.26. The molecule has 9 nitrogen and oxygen atoms in total. The fourth-order valence-corrected chi connectivity index (χ4v) is 10.6. The summed E-state index contributed by atoms with van der Waals surface area (Å²) in [5.74, 6) is -0.812. The second-order valence-electron chi connectivity index (χ2n) is 22.0. The Labute approximate surface area is 453 Å². The Bertz CT molecular complexity index is 1200. The quantitative estimate of drug-likeness (QED) is 0.0264. The summed E-state index contributed by atoms with van der Waals surface area (Å²) in [6, 6.07) is 0. The molecule has 73 heavy (non-hydrogen) atoms. The van der Waals surface area contributed by atoms with Crippen LogP contribution in [0.4, 0.5) is 0 Å². The second-order valence-corrected chi connectivity index (χ2v) is 23.4. The highest BCUT2D eigenvalue weighted by atomic mass is 31.2. The zero-order chi connectivity index (χ0) is 53.1. The van der Waals surface area contributed by atoms with E-state index in [0.29, 0.717) is 6.42 Å². The van der Waals surface area contributed by atoms with E-state index in [9.17, 15) is 19.0 Å². The molecule has 0 rings (SSSR count). The Morgan fingerprint density at radius 1 is 0.397 bits per heavy atom. The second kappa shape index (κ2) is 60.0. The summed E-state index contributed by atoms with van der Waals surface area (Å²) >= 11 is 0. The number of unbranched alkanes of at least 4 members (excludes halogenated alkanes) is 47. The van der Waals surface area contributed by atoms with Gasteiger partial charge in [-0.15, -0.1) is 0 Å². The minimum atomic E-state index is -4.38. The summed E-state index contributed by atoms with van der Waals surface area (Å²) in [6.45, 7) is 3.81. The van der Waals surface area contributed by atoms with Crippen molar-refractivity contribution < 1.29 is 37.6 Å². The van der Waals surface area contributed by atoms with Crippen LogP contribution in [0, 0.1) is 0 Å². The van der Waals surface area contributed by atoms with Gasteiger partial charge in [-0.1, -0.05) is 309 Å². The van der Waals surface area contributed by atoms with Gasteiger partial charge in [0.2, 0.25) is 0 Å². The number of hydrogen-bond donors (Lipinski definition) is 2. The molecule has 0 amide bonds. The normalized spacial score (nSPS) is 13.0. The van der Waals surface area contributed by atoms with E-state index >= 15 is 0 Å². The number of ether oxygens (including phenoxy) is 2. The highest BCUT2D eigenvalue weighted by molar-refractivity contribution is 7.47. The van der Waals surface area contributed by atoms with Crippen molar-refractivity contribution in [2.45, 2.75) is 354 Å². The fraction of sp³-hybridized carbons (Fsp3) is 0.937. The number of nitrogens with two attached hydrogens (primary N) is 1. The molecule has 2 atom stereocenters. The van der Waals surface area contributed by atoms with E-state index in [1.807, 2.05) is 0 Å². The molecule has 3 N–H and O–H groups in total. The Balaban J connectivity index is 3.78. The van der Waals surface area contributed by atoms with Crippen molar-refractivity contribution in [3.8, 4) is 0 Å². The topological polar surface area (TPSA) is 134 Å². The van der Waals surface area contributed by atoms with Crippen LogP contribution < -0.4 is 5.73 Å². The van der Waals surface area contributed by atoms with Crippen molar-refractivity contribution in [2.75, 3.05) is 26.4 Å². The van der Waals surface area contributed by atoms with Crippen LogP contribution in [0.2, 0.25) is 0 Å². The first kappa shape index (κ1) is 71.8. The Morgan fingerprint density at radius 3 is 0.973 bits per heavy atom. The first-order chi connectivity index (χ1) is 35.8. The summed E-state index contributed by atoms with van der Waals surface area (Å²) in [5, 5.41) is 0. The summed E-state index contributed by atoms with van der Waals surface area (Å²) in [5.41, 5.74) is 5.39. The van der Waals surface area contributed by atoms with Crippen molar-refractivity contribution in [2.24, 2.45) is 5.73 Å². The minimum absolute atomic E-state index is 0.0560. The number of hydrogen-bond acceptors (Lipinski definition) is 8. The smallest absolute Gasteiger partial charge is 0.462 e. The van der Waals surface area contributed by atoms with Crippen molar-refractivity contribution in [1.82, 2.24) is 0 Å². The molecule has 0 radical (unpaired) electrons. The monoisotopic (exact) mass is 1050 g/mol. The molecule has 0 saturated carbocycles. The number of allylic oxidation sites excluding steroid dienone is 2. The third-order valence-electron chi connectivity index (χ3n) is 14.7. The first-order valence-electron chi connectivity index (χ1n) is 32.2. The molecule has 0 aromatic rings. The maximum atomic E-state index is 12.7. The summed E-state index contributed by atoms with van der Waals surface area (Å²) in [7, 11) is -4.38. The van der Waals surface area contributed by atoms with Crippen LogP contribution in [0.3, 0.4) is 0 Å². The molecule has 2 unspecified atom stereocenters. The van der Waals surface area contributed by atoms with Gasteiger partial charge in [0.05, 0.1) is 13.2 Å². The summed E-state index contributed by atoms with van der Waals surface area (Å²) < 4.78 is 33.1. The van der Waals surface area contributed by atoms with E-state index in [4.69, 9.17) is 24.3 Å². The summed E-state index contributed by atoms with van der Waals surface area (Å²) in [4.78, 5) is 35.2. The van der Waals surface area contributed by atoms with Gasteiger partial charge < -0.3 is 20.1 Å². The predicted molar refractivity (Wildman–Crippen MR) is 312 cm³/mol. The predicted octanol–water partition coefficient (Wildman–Crippen LogP) is 20.4. The van der Waals surface area contributed by atoms with Gasteiger partial charge in [-0.3, -0.25) is 18.6 Å². The van der Waals surface area contributed by atoms with Crippen LogP contribution in [0.25, 0.3) is 0 Å². The zero-order valence-corrected chi connectivity index (χ0v) is 49.6. The molecule has 0 aromatic carbocycles. The Kier molecular flexibility index (Phi) is 59.0. The van der Waals surface area contributed by atoms with Gasteiger partial charge in [0, 0.05) is 19.4 Å². The van der Waals surface area contributed by atoms with Gasteiger partial charge in [-0.2, -0.15) is 0 Å². The van der Waals surface area contributed by atoms with Crippen molar-refractivity contribution in [3.05, 3.63) is 12.2 Å². The lowest BCUT2D eigenvalue weighted by Gasteiger charge is -2.19. The lowest BCUT2D eigenvalue weighted by Crippen LogP contribution is -2.29. The van der Waals surface area contributed by atoms with E-state index in [1.54, 1.807) is 0 Å². The van der Waals surface area contributed by atoms with E-state index in [1.165, 1.54) is 270 Å². The lowest BCUT2D eigenvalue weighted by molar-refractivity contribution is -0.161. The van der Waals surface area contributed by atoms with Gasteiger partial charge in [-0.05, 0) is 38.5 Å². The largest absolute Gasteiger partial charge is 0.472 e. The molecule has 0 aliphatic carbocycles. The van der Waals surface area contributed by atoms with Crippen LogP contribution in [0.1, 0.15) is 348 Å². The first-order valence-corrected chi connectivity index (χ1v) is 33.7. The van der Waals surface area contributed by atoms with Gasteiger partial charge >= 0.3 is 19.8 Å². The Hall–Kier alpha value is -1.25. The number of esters is 2. The molecule has 0 saturated heterocycles. The van der Waals surface area contributed by atoms with Crippen molar-refractivity contribution in [1.29, 1.82) is 0 Å². The average Bonchev–Trinajstić information content (AvgIpc) is 3.38. The van der Waals surface area contributed by atoms with E-state index in [2.05, 4.69) is 26.0 Å². The van der Waals surface area contributed by atoms with E-state index in [-0.39, 0.29) is 38.6 Å². The molecule has 434 valence electrons.